The summed E-state index contributed by atoms with van der Waals surface area (Å²) in [5.74, 6) is 1.05. The molecule has 0 saturated carbocycles. The number of aromatic nitrogens is 3. The van der Waals surface area contributed by atoms with Crippen LogP contribution in [0.3, 0.4) is 0 Å². The molecule has 0 saturated heterocycles. The van der Waals surface area contributed by atoms with E-state index in [1.165, 1.54) is 10.6 Å². The van der Waals surface area contributed by atoms with Crippen molar-refractivity contribution in [1.29, 1.82) is 0 Å². The summed E-state index contributed by atoms with van der Waals surface area (Å²) < 4.78 is 15.0. The zero-order valence-electron chi connectivity index (χ0n) is 21.7. The Morgan fingerprint density at radius 1 is 1.08 bits per heavy atom. The minimum atomic E-state index is -0.545. The Morgan fingerprint density at radius 2 is 1.86 bits per heavy atom. The molecular weight excluding hydrogens is 468 g/mol. The van der Waals surface area contributed by atoms with Crippen molar-refractivity contribution in [1.82, 2.24) is 19.0 Å². The molecular formula is C29H32N4O4. The molecule has 37 heavy (non-hydrogen) atoms. The van der Waals surface area contributed by atoms with Crippen LogP contribution in [0.1, 0.15) is 44.0 Å². The van der Waals surface area contributed by atoms with E-state index in [2.05, 4.69) is 4.57 Å². The molecule has 5 rings (SSSR count). The predicted molar refractivity (Wildman–Crippen MR) is 142 cm³/mol. The third-order valence-corrected chi connectivity index (χ3v) is 6.48. The quantitative estimate of drug-likeness (QED) is 0.395. The number of aryl methyl sites for hydroxylation is 1. The van der Waals surface area contributed by atoms with E-state index >= 15 is 0 Å². The largest absolute Gasteiger partial charge is 0.489 e. The molecule has 0 atom stereocenters. The van der Waals surface area contributed by atoms with Crippen molar-refractivity contribution >= 4 is 17.1 Å². The first-order valence-electron chi connectivity index (χ1n) is 12.5. The molecule has 0 radical (unpaired) electrons. The molecule has 8 heteroatoms. The van der Waals surface area contributed by atoms with Gasteiger partial charge >= 0.3 is 6.09 Å². The maximum absolute atomic E-state index is 12.9. The van der Waals surface area contributed by atoms with Crippen molar-refractivity contribution in [2.45, 2.75) is 52.4 Å². The number of hydrogen-bond acceptors (Lipinski definition) is 5. The Kier molecular flexibility index (Phi) is 6.50. The molecule has 3 aromatic heterocycles. The molecule has 192 valence electrons. The van der Waals surface area contributed by atoms with Gasteiger partial charge in [0.25, 0.3) is 5.56 Å². The van der Waals surface area contributed by atoms with Crippen molar-refractivity contribution in [3.05, 3.63) is 88.0 Å². The molecule has 4 heterocycles. The predicted octanol–water partition coefficient (Wildman–Crippen LogP) is 4.99. The number of fused-ring (bicyclic) bond motifs is 3. The summed E-state index contributed by atoms with van der Waals surface area (Å²) in [5.41, 5.74) is 3.29. The molecule has 8 nitrogen and oxygen atoms in total. The summed E-state index contributed by atoms with van der Waals surface area (Å²) in [6.07, 6.45) is 3.06. The first kappa shape index (κ1) is 24.6. The zero-order chi connectivity index (χ0) is 26.2. The second-order valence-corrected chi connectivity index (χ2v) is 10.4. The number of pyridine rings is 2. The van der Waals surface area contributed by atoms with Crippen LogP contribution in [0.4, 0.5) is 4.79 Å². The zero-order valence-corrected chi connectivity index (χ0v) is 21.7. The van der Waals surface area contributed by atoms with Crippen LogP contribution in [0, 0.1) is 0 Å². The van der Waals surface area contributed by atoms with Gasteiger partial charge in [0, 0.05) is 42.5 Å². The van der Waals surface area contributed by atoms with Gasteiger partial charge in [0.1, 0.15) is 29.4 Å². The Hall–Kier alpha value is -4.07. The minimum Gasteiger partial charge on any atom is -0.489 e. The van der Waals surface area contributed by atoms with Gasteiger partial charge in [0.05, 0.1) is 6.54 Å². The molecule has 0 bridgehead atoms. The lowest BCUT2D eigenvalue weighted by Gasteiger charge is -2.26. The van der Waals surface area contributed by atoms with E-state index in [0.717, 1.165) is 40.7 Å². The van der Waals surface area contributed by atoms with Gasteiger partial charge in [-0.25, -0.2) is 9.78 Å². The van der Waals surface area contributed by atoms with Gasteiger partial charge in [-0.1, -0.05) is 30.3 Å². The lowest BCUT2D eigenvalue weighted by molar-refractivity contribution is 0.0237. The molecule has 1 aliphatic heterocycles. The highest BCUT2D eigenvalue weighted by atomic mass is 16.6. The lowest BCUT2D eigenvalue weighted by Crippen LogP contribution is -2.36. The van der Waals surface area contributed by atoms with E-state index in [-0.39, 0.29) is 11.7 Å². The molecule has 0 N–H and O–H groups in total. The fraction of sp³-hybridized carbons (Fsp3) is 0.345. The van der Waals surface area contributed by atoms with E-state index in [4.69, 9.17) is 14.5 Å². The lowest BCUT2D eigenvalue weighted by atomic mass is 10.1. The Morgan fingerprint density at radius 3 is 2.59 bits per heavy atom. The average Bonchev–Trinajstić information content (AvgIpc) is 3.00. The molecule has 0 fully saturated rings. The second-order valence-electron chi connectivity index (χ2n) is 10.4. The van der Waals surface area contributed by atoms with Crippen molar-refractivity contribution in [2.24, 2.45) is 7.05 Å². The van der Waals surface area contributed by atoms with Crippen LogP contribution >= 0.6 is 0 Å². The first-order valence-corrected chi connectivity index (χ1v) is 12.5. The van der Waals surface area contributed by atoms with Crippen molar-refractivity contribution in [3.8, 4) is 11.6 Å². The number of hydrogen-bond donors (Lipinski definition) is 0. The molecule has 0 aliphatic carbocycles. The van der Waals surface area contributed by atoms with E-state index < -0.39 is 5.60 Å². The number of benzene rings is 1. The SMILES string of the molecule is Cn1c2c(c3ccc(-n4ccc(OCc5ccccc5)cc4=O)nc31)CN(C(=O)OC(C)(C)C)CCC2. The van der Waals surface area contributed by atoms with Crippen molar-refractivity contribution in [2.75, 3.05) is 6.54 Å². The third-order valence-electron chi connectivity index (χ3n) is 6.48. The summed E-state index contributed by atoms with van der Waals surface area (Å²) in [5, 5.41) is 0.979. The van der Waals surface area contributed by atoms with Gasteiger partial charge in [-0.05, 0) is 57.4 Å². The van der Waals surface area contributed by atoms with Gasteiger partial charge in [-0.2, -0.15) is 0 Å². The smallest absolute Gasteiger partial charge is 0.410 e. The van der Waals surface area contributed by atoms with Crippen LogP contribution in [0.15, 0.2) is 65.6 Å². The summed E-state index contributed by atoms with van der Waals surface area (Å²) in [7, 11) is 1.99. The van der Waals surface area contributed by atoms with Crippen LogP contribution in [-0.2, 0) is 31.4 Å². The highest BCUT2D eigenvalue weighted by Gasteiger charge is 2.27. The van der Waals surface area contributed by atoms with Crippen molar-refractivity contribution in [3.63, 3.8) is 0 Å². The highest BCUT2D eigenvalue weighted by molar-refractivity contribution is 5.84. The molecule has 4 aromatic rings. The number of ether oxygens (including phenoxy) is 2. The van der Waals surface area contributed by atoms with Gasteiger partial charge < -0.3 is 18.9 Å². The van der Waals surface area contributed by atoms with Gasteiger partial charge in [-0.3, -0.25) is 9.36 Å². The molecule has 0 unspecified atom stereocenters. The van der Waals surface area contributed by atoms with Gasteiger partial charge in [0.2, 0.25) is 0 Å². The number of carbonyl (C=O) groups excluding carboxylic acids is 1. The van der Waals surface area contributed by atoms with Crippen molar-refractivity contribution < 1.29 is 14.3 Å². The average molecular weight is 501 g/mol. The summed E-state index contributed by atoms with van der Waals surface area (Å²) in [6, 6.07) is 16.9. The van der Waals surface area contributed by atoms with Gasteiger partial charge in [0.15, 0.2) is 0 Å². The van der Waals surface area contributed by atoms with Crippen LogP contribution < -0.4 is 10.3 Å². The highest BCUT2D eigenvalue weighted by Crippen LogP contribution is 2.30. The Balaban J connectivity index is 1.41. The summed E-state index contributed by atoms with van der Waals surface area (Å²) >= 11 is 0. The van der Waals surface area contributed by atoms with E-state index in [1.54, 1.807) is 17.2 Å². The molecule has 1 amide bonds. The molecule has 1 aromatic carbocycles. The number of amides is 1. The van der Waals surface area contributed by atoms with Crippen LogP contribution in [0.5, 0.6) is 5.75 Å². The van der Waals surface area contributed by atoms with E-state index in [0.29, 0.717) is 31.3 Å². The fourth-order valence-corrected chi connectivity index (χ4v) is 4.71. The second kappa shape index (κ2) is 9.76. The summed E-state index contributed by atoms with van der Waals surface area (Å²) in [4.78, 5) is 32.3. The topological polar surface area (TPSA) is 78.6 Å². The summed E-state index contributed by atoms with van der Waals surface area (Å²) in [6.45, 7) is 7.13. The van der Waals surface area contributed by atoms with E-state index in [9.17, 15) is 9.59 Å². The number of nitrogens with zero attached hydrogens (tertiary/aromatic N) is 4. The Labute approximate surface area is 216 Å². The number of carbonyl (C=O) groups is 1. The first-order chi connectivity index (χ1) is 17.7. The van der Waals surface area contributed by atoms with Gasteiger partial charge in [-0.15, -0.1) is 0 Å². The number of rotatable bonds is 4. The third kappa shape index (κ3) is 5.23. The van der Waals surface area contributed by atoms with Crippen LogP contribution in [0.25, 0.3) is 16.9 Å². The maximum Gasteiger partial charge on any atom is 0.410 e. The standard InChI is InChI=1S/C29H32N4O4/c1-29(2,3)37-28(35)32-15-8-11-24-23(18-32)22-12-13-25(30-27(22)31(24)4)33-16-14-21(17-26(33)34)36-19-20-9-6-5-7-10-20/h5-7,9-10,12-14,16-17H,8,11,15,18-19H2,1-4H3. The molecule has 0 spiro atoms. The van der Waals surface area contributed by atoms with Crippen LogP contribution in [-0.4, -0.2) is 37.3 Å². The minimum absolute atomic E-state index is 0.218. The van der Waals surface area contributed by atoms with Crippen LogP contribution in [0.2, 0.25) is 0 Å². The normalized spacial score (nSPS) is 13.8. The van der Waals surface area contributed by atoms with E-state index in [1.807, 2.05) is 70.3 Å². The molecule has 1 aliphatic rings. The monoisotopic (exact) mass is 500 g/mol. The Bertz CT molecular complexity index is 1500. The fourth-order valence-electron chi connectivity index (χ4n) is 4.71. The maximum atomic E-state index is 12.9.